The molecule has 0 unspecified atom stereocenters. The number of nitrogens with one attached hydrogen (secondary N) is 2. The van der Waals surface area contributed by atoms with Crippen molar-refractivity contribution in [2.75, 3.05) is 24.0 Å². The Hall–Kier alpha value is -4.13. The van der Waals surface area contributed by atoms with Crippen LogP contribution in [0.1, 0.15) is 18.1 Å². The van der Waals surface area contributed by atoms with E-state index in [0.717, 1.165) is 6.07 Å². The van der Waals surface area contributed by atoms with Crippen LogP contribution < -0.4 is 20.2 Å². The van der Waals surface area contributed by atoms with Crippen molar-refractivity contribution in [1.29, 1.82) is 0 Å². The summed E-state index contributed by atoms with van der Waals surface area (Å²) >= 11 is 3.36. The van der Waals surface area contributed by atoms with Gasteiger partial charge in [0.05, 0.1) is 23.3 Å². The molecule has 0 bridgehead atoms. The molecule has 3 aromatic carbocycles. The van der Waals surface area contributed by atoms with Gasteiger partial charge in [-0.2, -0.15) is 18.3 Å². The number of nitrogens with zero attached hydrogens (tertiary/aromatic N) is 2. The number of ether oxygens (including phenoxy) is 2. The lowest BCUT2D eigenvalue weighted by Crippen LogP contribution is -2.20. The Morgan fingerprint density at radius 2 is 1.81 bits per heavy atom. The molecule has 194 valence electrons. The standard InChI is InChI=1S/C24H20BrF3N4O5/c1-2-36-21-10-15(13-29-31-19-9-8-16(24(26,27)28)11-20(19)32(34)35)18(25)12-22(21)37-14-23(33)30-17-6-4-3-5-7-17/h3-13,31H,2,14H2,1H3,(H,30,33)/b29-13-. The average Bonchev–Trinajstić information content (AvgIpc) is 2.85. The largest absolute Gasteiger partial charge is 0.490 e. The summed E-state index contributed by atoms with van der Waals surface area (Å²) in [6, 6.07) is 14.1. The molecule has 0 fully saturated rings. The summed E-state index contributed by atoms with van der Waals surface area (Å²) < 4.78 is 50.4. The van der Waals surface area contributed by atoms with Gasteiger partial charge in [-0.3, -0.25) is 20.3 Å². The number of carbonyl (C=O) groups excluding carboxylic acids is 1. The predicted octanol–water partition coefficient (Wildman–Crippen LogP) is 6.24. The Balaban J connectivity index is 1.74. The number of carbonyl (C=O) groups is 1. The highest BCUT2D eigenvalue weighted by Crippen LogP contribution is 2.36. The van der Waals surface area contributed by atoms with Gasteiger partial charge < -0.3 is 14.8 Å². The van der Waals surface area contributed by atoms with Crippen LogP contribution in [0, 0.1) is 10.1 Å². The molecule has 0 saturated heterocycles. The van der Waals surface area contributed by atoms with Gasteiger partial charge in [0.2, 0.25) is 0 Å². The van der Waals surface area contributed by atoms with Crippen LogP contribution in [0.4, 0.5) is 30.2 Å². The third-order valence-corrected chi connectivity index (χ3v) is 5.38. The summed E-state index contributed by atoms with van der Waals surface area (Å²) in [4.78, 5) is 22.5. The lowest BCUT2D eigenvalue weighted by molar-refractivity contribution is -0.384. The summed E-state index contributed by atoms with van der Waals surface area (Å²) in [5, 5.41) is 17.8. The first-order valence-electron chi connectivity index (χ1n) is 10.7. The van der Waals surface area contributed by atoms with Crippen LogP contribution in [0.25, 0.3) is 0 Å². The Bertz CT molecular complexity index is 1300. The molecule has 0 aromatic heterocycles. The Morgan fingerprint density at radius 1 is 1.11 bits per heavy atom. The maximum Gasteiger partial charge on any atom is 0.416 e. The van der Waals surface area contributed by atoms with Crippen molar-refractivity contribution in [3.8, 4) is 11.5 Å². The molecular formula is C24H20BrF3N4O5. The fourth-order valence-electron chi connectivity index (χ4n) is 3.02. The molecule has 0 heterocycles. The van der Waals surface area contributed by atoms with E-state index in [1.807, 2.05) is 6.07 Å². The van der Waals surface area contributed by atoms with Gasteiger partial charge in [0.25, 0.3) is 11.6 Å². The molecule has 0 aliphatic rings. The van der Waals surface area contributed by atoms with E-state index in [1.54, 1.807) is 43.3 Å². The van der Waals surface area contributed by atoms with Crippen molar-refractivity contribution in [3.05, 3.63) is 86.4 Å². The van der Waals surface area contributed by atoms with Crippen molar-refractivity contribution in [2.24, 2.45) is 5.10 Å². The molecule has 0 aliphatic carbocycles. The smallest absolute Gasteiger partial charge is 0.416 e. The fraction of sp³-hybridized carbons (Fsp3) is 0.167. The molecule has 1 amide bonds. The first kappa shape index (κ1) is 27.5. The van der Waals surface area contributed by atoms with Gasteiger partial charge in [-0.1, -0.05) is 18.2 Å². The van der Waals surface area contributed by atoms with Gasteiger partial charge in [0, 0.05) is 21.8 Å². The third kappa shape index (κ3) is 7.67. The van der Waals surface area contributed by atoms with Gasteiger partial charge in [-0.05, 0) is 59.3 Å². The molecule has 0 aliphatic heterocycles. The van der Waals surface area contributed by atoms with Crippen LogP contribution in [-0.2, 0) is 11.0 Å². The molecule has 9 nitrogen and oxygen atoms in total. The minimum absolute atomic E-state index is 0.222. The number of alkyl halides is 3. The number of halogens is 4. The van der Waals surface area contributed by atoms with E-state index < -0.39 is 22.4 Å². The molecule has 37 heavy (non-hydrogen) atoms. The van der Waals surface area contributed by atoms with E-state index >= 15 is 0 Å². The second-order valence-electron chi connectivity index (χ2n) is 7.31. The minimum atomic E-state index is -4.72. The number of rotatable bonds is 10. The van der Waals surface area contributed by atoms with Crippen molar-refractivity contribution < 1.29 is 32.4 Å². The first-order chi connectivity index (χ1) is 17.6. The van der Waals surface area contributed by atoms with E-state index in [9.17, 15) is 28.1 Å². The minimum Gasteiger partial charge on any atom is -0.490 e. The normalized spacial score (nSPS) is 11.3. The number of nitro groups is 1. The summed E-state index contributed by atoms with van der Waals surface area (Å²) in [6.07, 6.45) is -3.43. The van der Waals surface area contributed by atoms with Crippen LogP contribution in [0.3, 0.4) is 0 Å². The zero-order chi connectivity index (χ0) is 27.0. The second-order valence-corrected chi connectivity index (χ2v) is 8.17. The maximum absolute atomic E-state index is 12.9. The topological polar surface area (TPSA) is 115 Å². The number of hydrogen-bond donors (Lipinski definition) is 2. The first-order valence-corrected chi connectivity index (χ1v) is 11.5. The number of benzene rings is 3. The second kappa shape index (κ2) is 12.2. The van der Waals surface area contributed by atoms with Crippen LogP contribution in [-0.4, -0.2) is 30.3 Å². The van der Waals surface area contributed by atoms with Crippen LogP contribution in [0.2, 0.25) is 0 Å². The summed E-state index contributed by atoms with van der Waals surface area (Å²) in [6.45, 7) is 1.77. The molecule has 0 atom stereocenters. The Labute approximate surface area is 217 Å². The SMILES string of the molecule is CCOc1cc(/C=N\Nc2ccc(C(F)(F)F)cc2[N+](=O)[O-])c(Br)cc1OCC(=O)Nc1ccccc1. The molecular weight excluding hydrogens is 561 g/mol. The number of para-hydroxylation sites is 1. The van der Waals surface area contributed by atoms with E-state index in [-0.39, 0.29) is 24.0 Å². The summed E-state index contributed by atoms with van der Waals surface area (Å²) in [5.41, 5.74) is 1.33. The lowest BCUT2D eigenvalue weighted by atomic mass is 10.1. The quantitative estimate of drug-likeness (QED) is 0.167. The summed E-state index contributed by atoms with van der Waals surface area (Å²) in [7, 11) is 0. The molecule has 13 heteroatoms. The number of hydrogen-bond acceptors (Lipinski definition) is 7. The van der Waals surface area contributed by atoms with Gasteiger partial charge >= 0.3 is 6.18 Å². The molecule has 0 spiro atoms. The maximum atomic E-state index is 12.9. The van der Waals surface area contributed by atoms with Crippen molar-refractivity contribution in [2.45, 2.75) is 13.1 Å². The number of nitro benzene ring substituents is 1. The van der Waals surface area contributed by atoms with Gasteiger partial charge in [0.15, 0.2) is 18.1 Å². The highest BCUT2D eigenvalue weighted by molar-refractivity contribution is 9.10. The van der Waals surface area contributed by atoms with E-state index in [0.29, 0.717) is 40.2 Å². The number of anilines is 2. The molecule has 0 radical (unpaired) electrons. The average molecular weight is 581 g/mol. The van der Waals surface area contributed by atoms with Crippen molar-refractivity contribution in [3.63, 3.8) is 0 Å². The highest BCUT2D eigenvalue weighted by Gasteiger charge is 2.33. The van der Waals surface area contributed by atoms with Crippen LogP contribution in [0.15, 0.2) is 70.2 Å². The number of amides is 1. The van der Waals surface area contributed by atoms with Crippen molar-refractivity contribution >= 4 is 45.1 Å². The van der Waals surface area contributed by atoms with Gasteiger partial charge in [-0.15, -0.1) is 0 Å². The van der Waals surface area contributed by atoms with Gasteiger partial charge in [0.1, 0.15) is 5.69 Å². The molecule has 3 aromatic rings. The monoisotopic (exact) mass is 580 g/mol. The van der Waals surface area contributed by atoms with Crippen LogP contribution >= 0.6 is 15.9 Å². The third-order valence-electron chi connectivity index (χ3n) is 4.69. The Kier molecular flexibility index (Phi) is 9.06. The zero-order valence-electron chi connectivity index (χ0n) is 19.2. The highest BCUT2D eigenvalue weighted by atomic mass is 79.9. The molecule has 3 rings (SSSR count). The predicted molar refractivity (Wildman–Crippen MR) is 135 cm³/mol. The van der Waals surface area contributed by atoms with E-state index in [1.165, 1.54) is 6.21 Å². The van der Waals surface area contributed by atoms with E-state index in [2.05, 4.69) is 31.8 Å². The summed E-state index contributed by atoms with van der Waals surface area (Å²) in [5.74, 6) is 0.207. The molecule has 0 saturated carbocycles. The lowest BCUT2D eigenvalue weighted by Gasteiger charge is -2.14. The Morgan fingerprint density at radius 3 is 2.46 bits per heavy atom. The van der Waals surface area contributed by atoms with Crippen molar-refractivity contribution in [1.82, 2.24) is 0 Å². The molecule has 2 N–H and O–H groups in total. The zero-order valence-corrected chi connectivity index (χ0v) is 20.8. The fourth-order valence-corrected chi connectivity index (χ4v) is 3.44. The van der Waals surface area contributed by atoms with Gasteiger partial charge in [-0.25, -0.2) is 0 Å². The van der Waals surface area contributed by atoms with E-state index in [4.69, 9.17) is 9.47 Å². The number of hydrazone groups is 1. The van der Waals surface area contributed by atoms with Crippen LogP contribution in [0.5, 0.6) is 11.5 Å².